The Bertz CT molecular complexity index is 1220. The van der Waals surface area contributed by atoms with Crippen LogP contribution in [-0.2, 0) is 14.4 Å². The Kier molecular flexibility index (Phi) is 5.59. The number of nitrogens with zero attached hydrogens (tertiary/aromatic N) is 2. The fraction of sp³-hybridized carbons (Fsp3) is 0.231. The van der Waals surface area contributed by atoms with E-state index in [0.717, 1.165) is 0 Å². The summed E-state index contributed by atoms with van der Waals surface area (Å²) < 4.78 is 16.7. The first kappa shape index (κ1) is 21.8. The van der Waals surface area contributed by atoms with Gasteiger partial charge in [-0.1, -0.05) is 36.4 Å². The molecule has 0 saturated carbocycles. The first-order chi connectivity index (χ1) is 16.6. The first-order valence-electron chi connectivity index (χ1n) is 10.8. The zero-order valence-corrected chi connectivity index (χ0v) is 19.0. The molecule has 0 aliphatic carbocycles. The summed E-state index contributed by atoms with van der Waals surface area (Å²) in [5.41, 5.74) is 1.87. The maximum absolute atomic E-state index is 13.7. The molecule has 2 amide bonds. The zero-order valence-electron chi connectivity index (χ0n) is 19.0. The molecule has 3 aromatic rings. The van der Waals surface area contributed by atoms with E-state index in [1.165, 1.54) is 19.1 Å². The Morgan fingerprint density at radius 1 is 0.706 bits per heavy atom. The molecular formula is C26H24N2O6. The summed E-state index contributed by atoms with van der Waals surface area (Å²) in [6, 6.07) is 21.2. The van der Waals surface area contributed by atoms with Crippen LogP contribution in [0, 0.1) is 5.92 Å². The van der Waals surface area contributed by atoms with E-state index in [2.05, 4.69) is 0 Å². The summed E-state index contributed by atoms with van der Waals surface area (Å²) in [6.07, 6.45) is -0.976. The molecule has 2 aliphatic rings. The van der Waals surface area contributed by atoms with Crippen LogP contribution in [0.3, 0.4) is 0 Å². The van der Waals surface area contributed by atoms with Gasteiger partial charge in [-0.05, 0) is 36.4 Å². The van der Waals surface area contributed by atoms with E-state index in [4.69, 9.17) is 19.0 Å². The molecule has 0 radical (unpaired) electrons. The molecule has 174 valence electrons. The van der Waals surface area contributed by atoms with Gasteiger partial charge >= 0.3 is 0 Å². The largest absolute Gasteiger partial charge is 0.493 e. The molecule has 3 aromatic carbocycles. The first-order valence-corrected chi connectivity index (χ1v) is 10.8. The van der Waals surface area contributed by atoms with Crippen LogP contribution in [0.25, 0.3) is 0 Å². The quantitative estimate of drug-likeness (QED) is 0.519. The van der Waals surface area contributed by atoms with Crippen molar-refractivity contribution in [3.05, 3.63) is 78.4 Å². The van der Waals surface area contributed by atoms with E-state index in [0.29, 0.717) is 34.2 Å². The normalized spacial score (nSPS) is 21.6. The molecule has 8 nitrogen and oxygen atoms in total. The molecule has 5 rings (SSSR count). The fourth-order valence-electron chi connectivity index (χ4n) is 4.72. The smallest absolute Gasteiger partial charge is 0.266 e. The minimum absolute atomic E-state index is 0.332. The second-order valence-corrected chi connectivity index (χ2v) is 7.93. The van der Waals surface area contributed by atoms with Crippen LogP contribution >= 0.6 is 0 Å². The number of hydrogen-bond donors (Lipinski definition) is 0. The van der Waals surface area contributed by atoms with Crippen LogP contribution in [0.4, 0.5) is 11.4 Å². The topological polar surface area (TPSA) is 77.5 Å². The van der Waals surface area contributed by atoms with Crippen molar-refractivity contribution in [3.8, 4) is 17.2 Å². The Hall–Kier alpha value is -4.04. The lowest BCUT2D eigenvalue weighted by atomic mass is 9.89. The summed E-state index contributed by atoms with van der Waals surface area (Å²) in [7, 11) is 4.59. The number of rotatable bonds is 6. The number of ether oxygens (including phenoxy) is 3. The average molecular weight is 460 g/mol. The Labute approximate surface area is 197 Å². The molecule has 0 N–H and O–H groups in total. The predicted octanol–water partition coefficient (Wildman–Crippen LogP) is 3.76. The number of fused-ring (bicyclic) bond motifs is 1. The van der Waals surface area contributed by atoms with Gasteiger partial charge in [-0.3, -0.25) is 14.4 Å². The minimum Gasteiger partial charge on any atom is -0.493 e. The van der Waals surface area contributed by atoms with Crippen LogP contribution in [0.15, 0.2) is 72.8 Å². The summed E-state index contributed by atoms with van der Waals surface area (Å²) in [5.74, 6) is -0.221. The molecule has 34 heavy (non-hydrogen) atoms. The number of hydrogen-bond acceptors (Lipinski definition) is 7. The highest BCUT2D eigenvalue weighted by Gasteiger charge is 2.61. The Morgan fingerprint density at radius 2 is 1.32 bits per heavy atom. The Morgan fingerprint density at radius 3 is 1.91 bits per heavy atom. The van der Waals surface area contributed by atoms with Crippen molar-refractivity contribution in [1.29, 1.82) is 0 Å². The van der Waals surface area contributed by atoms with Gasteiger partial charge in [0.2, 0.25) is 11.7 Å². The third kappa shape index (κ3) is 3.26. The molecule has 2 aliphatic heterocycles. The molecule has 3 atom stereocenters. The number of carbonyl (C=O) groups excluding carboxylic acids is 2. The summed E-state index contributed by atoms with van der Waals surface area (Å²) in [4.78, 5) is 34.5. The second kappa shape index (κ2) is 8.72. The number of benzene rings is 3. The number of hydroxylamine groups is 1. The van der Waals surface area contributed by atoms with Crippen molar-refractivity contribution in [2.75, 3.05) is 31.3 Å². The molecule has 0 unspecified atom stereocenters. The second-order valence-electron chi connectivity index (χ2n) is 7.93. The average Bonchev–Trinajstić information content (AvgIpc) is 3.39. The monoisotopic (exact) mass is 460 g/mol. The van der Waals surface area contributed by atoms with Crippen molar-refractivity contribution >= 4 is 23.2 Å². The third-order valence-corrected chi connectivity index (χ3v) is 6.19. The third-order valence-electron chi connectivity index (χ3n) is 6.19. The molecule has 2 fully saturated rings. The van der Waals surface area contributed by atoms with Gasteiger partial charge in [0.05, 0.1) is 32.7 Å². The number of anilines is 2. The number of amides is 2. The van der Waals surface area contributed by atoms with Gasteiger partial charge in [-0.25, -0.2) is 9.96 Å². The zero-order chi connectivity index (χ0) is 23.8. The molecular weight excluding hydrogens is 436 g/mol. The molecule has 2 heterocycles. The lowest BCUT2D eigenvalue weighted by Gasteiger charge is -2.30. The van der Waals surface area contributed by atoms with E-state index >= 15 is 0 Å². The van der Waals surface area contributed by atoms with Gasteiger partial charge in [-0.2, -0.15) is 0 Å². The summed E-state index contributed by atoms with van der Waals surface area (Å²) in [5, 5.41) is 1.62. The molecule has 0 bridgehead atoms. The van der Waals surface area contributed by atoms with Crippen LogP contribution in [0.1, 0.15) is 11.6 Å². The Balaban J connectivity index is 1.67. The van der Waals surface area contributed by atoms with E-state index in [1.807, 2.05) is 42.5 Å². The molecule has 0 spiro atoms. The number of imide groups is 1. The fourth-order valence-corrected chi connectivity index (χ4v) is 4.72. The van der Waals surface area contributed by atoms with Crippen molar-refractivity contribution < 1.29 is 28.6 Å². The van der Waals surface area contributed by atoms with Crippen LogP contribution in [-0.4, -0.2) is 39.2 Å². The summed E-state index contributed by atoms with van der Waals surface area (Å²) >= 11 is 0. The highest BCUT2D eigenvalue weighted by Crippen LogP contribution is 2.52. The van der Waals surface area contributed by atoms with Gasteiger partial charge in [0.1, 0.15) is 12.0 Å². The van der Waals surface area contributed by atoms with Crippen LogP contribution in [0.2, 0.25) is 0 Å². The van der Waals surface area contributed by atoms with Crippen molar-refractivity contribution in [2.45, 2.75) is 12.1 Å². The van der Waals surface area contributed by atoms with Crippen molar-refractivity contribution in [1.82, 2.24) is 0 Å². The maximum atomic E-state index is 13.7. The standard InChI is InChI=1S/C26H24N2O6/c1-31-19-15-14-18(22(32-2)23(19)33-3)21-20-24(34-28(21)17-12-8-5-9-13-17)26(30)27(25(20)29)16-10-6-4-7-11-16/h4-15,20-21,24H,1-3H3/t20-,21-,24-/m1/s1. The molecule has 8 heteroatoms. The van der Waals surface area contributed by atoms with Crippen molar-refractivity contribution in [3.63, 3.8) is 0 Å². The predicted molar refractivity (Wildman–Crippen MR) is 125 cm³/mol. The number of carbonyl (C=O) groups is 2. The maximum Gasteiger partial charge on any atom is 0.266 e. The van der Waals surface area contributed by atoms with Gasteiger partial charge < -0.3 is 14.2 Å². The van der Waals surface area contributed by atoms with Gasteiger partial charge in [0, 0.05) is 5.56 Å². The van der Waals surface area contributed by atoms with E-state index in [1.54, 1.807) is 42.5 Å². The molecule has 0 aromatic heterocycles. The SMILES string of the molecule is COc1ccc([C@@H]2[C@H]3C(=O)N(c4ccccc4)C(=O)[C@@H]3ON2c2ccccc2)c(OC)c1OC. The number of methoxy groups -OCH3 is 3. The highest BCUT2D eigenvalue weighted by atomic mass is 16.7. The van der Waals surface area contributed by atoms with Crippen LogP contribution in [0.5, 0.6) is 17.2 Å². The van der Waals surface area contributed by atoms with Crippen LogP contribution < -0.4 is 24.2 Å². The van der Waals surface area contributed by atoms with Gasteiger partial charge in [0.25, 0.3) is 5.91 Å². The lowest BCUT2D eigenvalue weighted by molar-refractivity contribution is -0.126. The van der Waals surface area contributed by atoms with Gasteiger partial charge in [-0.15, -0.1) is 0 Å². The summed E-state index contributed by atoms with van der Waals surface area (Å²) in [6.45, 7) is 0. The minimum atomic E-state index is -0.976. The van der Waals surface area contributed by atoms with E-state index in [-0.39, 0.29) is 5.91 Å². The van der Waals surface area contributed by atoms with Crippen molar-refractivity contribution in [2.24, 2.45) is 5.92 Å². The molecule has 2 saturated heterocycles. The highest BCUT2D eigenvalue weighted by molar-refractivity contribution is 6.23. The lowest BCUT2D eigenvalue weighted by Crippen LogP contribution is -2.37. The van der Waals surface area contributed by atoms with Gasteiger partial charge in [0.15, 0.2) is 17.6 Å². The van der Waals surface area contributed by atoms with E-state index in [9.17, 15) is 9.59 Å². The van der Waals surface area contributed by atoms with E-state index < -0.39 is 24.0 Å². The number of para-hydroxylation sites is 2.